The quantitative estimate of drug-likeness (QED) is 0.937. The molecule has 0 radical (unpaired) electrons. The van der Waals surface area contributed by atoms with Gasteiger partial charge >= 0.3 is 0 Å². The first-order valence-electron chi connectivity index (χ1n) is 5.45. The number of hydrogen-bond acceptors (Lipinski definition) is 3. The largest absolute Gasteiger partial charge is 0.363 e. The van der Waals surface area contributed by atoms with Gasteiger partial charge in [-0.25, -0.2) is 9.97 Å². The zero-order valence-electron chi connectivity index (χ0n) is 9.81. The third kappa shape index (κ3) is 3.03. The van der Waals surface area contributed by atoms with Gasteiger partial charge in [-0.1, -0.05) is 29.8 Å². The monoisotopic (exact) mass is 291 g/mol. The van der Waals surface area contributed by atoms with Crippen molar-refractivity contribution in [2.24, 2.45) is 0 Å². The minimum absolute atomic E-state index is 0.210. The van der Waals surface area contributed by atoms with Crippen molar-refractivity contribution in [2.75, 3.05) is 5.32 Å². The van der Waals surface area contributed by atoms with Crippen LogP contribution in [-0.2, 0) is 0 Å². The minimum Gasteiger partial charge on any atom is -0.363 e. The summed E-state index contributed by atoms with van der Waals surface area (Å²) in [5.74, 6) is 0.813. The second kappa shape index (κ2) is 5.27. The molecular formula is C13H14BrN3. The van der Waals surface area contributed by atoms with E-state index in [9.17, 15) is 0 Å². The van der Waals surface area contributed by atoms with E-state index in [4.69, 9.17) is 0 Å². The third-order valence-corrected chi connectivity index (χ3v) is 3.18. The normalized spacial score (nSPS) is 12.2. The molecule has 4 heteroatoms. The summed E-state index contributed by atoms with van der Waals surface area (Å²) in [5.41, 5.74) is 2.50. The second-order valence-electron chi connectivity index (χ2n) is 4.00. The average molecular weight is 292 g/mol. The van der Waals surface area contributed by atoms with E-state index < -0.39 is 0 Å². The molecule has 0 saturated heterocycles. The summed E-state index contributed by atoms with van der Waals surface area (Å²) in [7, 11) is 0. The highest BCUT2D eigenvalue weighted by molar-refractivity contribution is 9.10. The van der Waals surface area contributed by atoms with Crippen LogP contribution in [0.2, 0.25) is 0 Å². The van der Waals surface area contributed by atoms with Crippen LogP contribution in [0.1, 0.15) is 24.1 Å². The lowest BCUT2D eigenvalue weighted by molar-refractivity contribution is 0.869. The van der Waals surface area contributed by atoms with Crippen molar-refractivity contribution in [1.82, 2.24) is 9.97 Å². The van der Waals surface area contributed by atoms with Crippen molar-refractivity contribution in [3.05, 3.63) is 52.4 Å². The zero-order valence-corrected chi connectivity index (χ0v) is 11.4. The maximum absolute atomic E-state index is 4.19. The van der Waals surface area contributed by atoms with E-state index in [1.165, 1.54) is 17.5 Å². The fourth-order valence-electron chi connectivity index (χ4n) is 1.56. The number of nitrogens with one attached hydrogen (secondary N) is 1. The van der Waals surface area contributed by atoms with E-state index in [1.807, 2.05) is 0 Å². The predicted molar refractivity (Wildman–Crippen MR) is 72.9 cm³/mol. The summed E-state index contributed by atoms with van der Waals surface area (Å²) in [6.45, 7) is 4.20. The van der Waals surface area contributed by atoms with Crippen LogP contribution in [0.3, 0.4) is 0 Å². The number of nitrogens with zero attached hydrogens (tertiary/aromatic N) is 2. The number of rotatable bonds is 3. The molecule has 0 aliphatic carbocycles. The second-order valence-corrected chi connectivity index (χ2v) is 4.85. The van der Waals surface area contributed by atoms with Crippen LogP contribution < -0.4 is 5.32 Å². The number of hydrogen-bond donors (Lipinski definition) is 1. The fraction of sp³-hybridized carbons (Fsp3) is 0.231. The molecule has 0 aliphatic heterocycles. The molecule has 0 bridgehead atoms. The number of anilines is 1. The van der Waals surface area contributed by atoms with E-state index in [0.29, 0.717) is 0 Å². The summed E-state index contributed by atoms with van der Waals surface area (Å²) in [4.78, 5) is 8.13. The summed E-state index contributed by atoms with van der Waals surface area (Å²) in [5, 5.41) is 3.35. The van der Waals surface area contributed by atoms with Crippen molar-refractivity contribution >= 4 is 21.7 Å². The van der Waals surface area contributed by atoms with Crippen molar-refractivity contribution in [1.29, 1.82) is 0 Å². The van der Waals surface area contributed by atoms with Crippen LogP contribution in [0.4, 0.5) is 5.82 Å². The molecule has 88 valence electrons. The van der Waals surface area contributed by atoms with Crippen LogP contribution in [0.5, 0.6) is 0 Å². The molecule has 1 atom stereocenters. The van der Waals surface area contributed by atoms with Gasteiger partial charge < -0.3 is 5.32 Å². The summed E-state index contributed by atoms with van der Waals surface area (Å²) < 4.78 is 0.874. The van der Waals surface area contributed by atoms with Crippen molar-refractivity contribution in [3.8, 4) is 0 Å². The van der Waals surface area contributed by atoms with Gasteiger partial charge in [0.05, 0.1) is 4.47 Å². The Bertz CT molecular complexity index is 496. The summed E-state index contributed by atoms with van der Waals surface area (Å²) in [6.07, 6.45) is 3.27. The lowest BCUT2D eigenvalue weighted by Gasteiger charge is -2.15. The number of aryl methyl sites for hydroxylation is 1. The molecule has 1 aromatic carbocycles. The van der Waals surface area contributed by atoms with Gasteiger partial charge in [-0.2, -0.15) is 0 Å². The first kappa shape index (κ1) is 12.0. The molecular weight excluding hydrogens is 278 g/mol. The van der Waals surface area contributed by atoms with Crippen LogP contribution in [0.15, 0.2) is 41.3 Å². The third-order valence-electron chi connectivity index (χ3n) is 2.60. The Morgan fingerprint density at radius 2 is 1.94 bits per heavy atom. The van der Waals surface area contributed by atoms with E-state index in [1.54, 1.807) is 6.20 Å². The van der Waals surface area contributed by atoms with Crippen LogP contribution in [0, 0.1) is 6.92 Å². The zero-order chi connectivity index (χ0) is 12.3. The van der Waals surface area contributed by atoms with Crippen LogP contribution in [0.25, 0.3) is 0 Å². The topological polar surface area (TPSA) is 37.8 Å². The van der Waals surface area contributed by atoms with Gasteiger partial charge in [-0.05, 0) is 35.3 Å². The summed E-state index contributed by atoms with van der Waals surface area (Å²) >= 11 is 3.42. The van der Waals surface area contributed by atoms with Gasteiger partial charge in [0.25, 0.3) is 0 Å². The lowest BCUT2D eigenvalue weighted by atomic mass is 10.1. The van der Waals surface area contributed by atoms with E-state index in [-0.39, 0.29) is 6.04 Å². The van der Waals surface area contributed by atoms with Gasteiger partial charge in [0.1, 0.15) is 12.1 Å². The van der Waals surface area contributed by atoms with Gasteiger partial charge in [-0.3, -0.25) is 0 Å². The summed E-state index contributed by atoms with van der Waals surface area (Å²) in [6, 6.07) is 8.69. The molecule has 2 rings (SSSR count). The molecule has 0 spiro atoms. The average Bonchev–Trinajstić information content (AvgIpc) is 2.33. The molecule has 1 unspecified atom stereocenters. The van der Waals surface area contributed by atoms with Crippen LogP contribution in [-0.4, -0.2) is 9.97 Å². The Kier molecular flexibility index (Phi) is 3.74. The number of aromatic nitrogens is 2. The van der Waals surface area contributed by atoms with Gasteiger partial charge in [0.2, 0.25) is 0 Å². The molecule has 2 aromatic rings. The van der Waals surface area contributed by atoms with E-state index in [0.717, 1.165) is 10.3 Å². The van der Waals surface area contributed by atoms with Crippen LogP contribution >= 0.6 is 15.9 Å². The predicted octanol–water partition coefficient (Wildman–Crippen LogP) is 3.72. The lowest BCUT2D eigenvalue weighted by Crippen LogP contribution is -2.08. The first-order valence-corrected chi connectivity index (χ1v) is 6.24. The molecule has 0 aliphatic rings. The molecule has 1 heterocycles. The van der Waals surface area contributed by atoms with Crippen molar-refractivity contribution < 1.29 is 0 Å². The number of halogens is 1. The SMILES string of the molecule is Cc1ccc(C(C)Nc2ncncc2Br)cc1. The fourth-order valence-corrected chi connectivity index (χ4v) is 1.90. The Morgan fingerprint density at radius 3 is 2.59 bits per heavy atom. The highest BCUT2D eigenvalue weighted by Gasteiger charge is 2.07. The molecule has 1 N–H and O–H groups in total. The van der Waals surface area contributed by atoms with Gasteiger partial charge in [0.15, 0.2) is 0 Å². The van der Waals surface area contributed by atoms with Crippen molar-refractivity contribution in [2.45, 2.75) is 19.9 Å². The standard InChI is InChI=1S/C13H14BrN3/c1-9-3-5-11(6-4-9)10(2)17-13-12(14)7-15-8-16-13/h3-8,10H,1-2H3,(H,15,16,17). The molecule has 0 amide bonds. The van der Waals surface area contributed by atoms with E-state index in [2.05, 4.69) is 69.3 Å². The Hall–Kier alpha value is -1.42. The molecule has 0 fully saturated rings. The smallest absolute Gasteiger partial charge is 0.144 e. The van der Waals surface area contributed by atoms with Crippen molar-refractivity contribution in [3.63, 3.8) is 0 Å². The van der Waals surface area contributed by atoms with Gasteiger partial charge in [-0.15, -0.1) is 0 Å². The van der Waals surface area contributed by atoms with Gasteiger partial charge in [0, 0.05) is 12.2 Å². The molecule has 1 aromatic heterocycles. The molecule has 3 nitrogen and oxygen atoms in total. The van der Waals surface area contributed by atoms with E-state index >= 15 is 0 Å². The Balaban J connectivity index is 2.14. The maximum Gasteiger partial charge on any atom is 0.144 e. The maximum atomic E-state index is 4.19. The highest BCUT2D eigenvalue weighted by Crippen LogP contribution is 2.23. The Morgan fingerprint density at radius 1 is 1.24 bits per heavy atom. The number of benzene rings is 1. The molecule has 17 heavy (non-hydrogen) atoms. The molecule has 0 saturated carbocycles. The first-order chi connectivity index (χ1) is 8.16. The Labute approximate surface area is 109 Å². The minimum atomic E-state index is 0.210. The highest BCUT2D eigenvalue weighted by atomic mass is 79.9.